The third-order valence-electron chi connectivity index (χ3n) is 12.1. The second-order valence-corrected chi connectivity index (χ2v) is 17.0. The number of halogens is 1. The normalized spacial score (nSPS) is 36.6. The zero-order chi connectivity index (χ0) is 44.3. The van der Waals surface area contributed by atoms with Crippen LogP contribution < -0.4 is 5.32 Å². The minimum absolute atomic E-state index is 0.198. The Morgan fingerprint density at radius 2 is 1.75 bits per heavy atom. The number of alkyl carbamates (subject to hydrolysis) is 1. The van der Waals surface area contributed by atoms with Crippen molar-refractivity contribution in [3.05, 3.63) is 48.1 Å². The number of ether oxygens (including phenoxy) is 6. The molecule has 2 aromatic rings. The van der Waals surface area contributed by atoms with E-state index in [1.807, 2.05) is 11.8 Å². The van der Waals surface area contributed by atoms with E-state index in [2.05, 4.69) is 10.3 Å². The molecule has 0 radical (unpaired) electrons. The number of Topliss-reactive ketones (excluding diaryl/α,β-unsaturated/α-hetero) is 2. The average Bonchev–Trinajstić information content (AvgIpc) is 3.85. The van der Waals surface area contributed by atoms with Gasteiger partial charge in [-0.3, -0.25) is 14.4 Å². The van der Waals surface area contributed by atoms with E-state index < -0.39 is 114 Å². The highest BCUT2D eigenvalue weighted by Gasteiger charge is 2.57. The minimum Gasteiger partial charge on any atom is -0.458 e. The van der Waals surface area contributed by atoms with E-state index in [9.17, 15) is 29.4 Å². The van der Waals surface area contributed by atoms with E-state index in [-0.39, 0.29) is 18.6 Å². The Balaban J connectivity index is 1.50. The van der Waals surface area contributed by atoms with Crippen LogP contribution in [-0.4, -0.2) is 125 Å². The lowest BCUT2D eigenvalue weighted by atomic mass is 9.73. The van der Waals surface area contributed by atoms with Crippen LogP contribution in [0.1, 0.15) is 80.2 Å². The molecule has 1 amide bonds. The fourth-order valence-corrected chi connectivity index (χ4v) is 8.83. The van der Waals surface area contributed by atoms with E-state index in [0.29, 0.717) is 23.4 Å². The van der Waals surface area contributed by atoms with Crippen molar-refractivity contribution < 1.29 is 66.6 Å². The Morgan fingerprint density at radius 1 is 1.07 bits per heavy atom. The van der Waals surface area contributed by atoms with Crippen LogP contribution in [0.4, 0.5) is 9.18 Å². The molecule has 1 unspecified atom stereocenters. The van der Waals surface area contributed by atoms with Crippen LogP contribution in [0.3, 0.4) is 0 Å². The number of hydrogen-bond acceptors (Lipinski definition) is 15. The second-order valence-electron chi connectivity index (χ2n) is 17.0. The molecule has 4 heterocycles. The lowest BCUT2D eigenvalue weighted by molar-refractivity contribution is -0.348. The van der Waals surface area contributed by atoms with Gasteiger partial charge in [0.2, 0.25) is 5.89 Å². The summed E-state index contributed by atoms with van der Waals surface area (Å²) in [6.45, 7) is 9.88. The van der Waals surface area contributed by atoms with Crippen molar-refractivity contribution in [2.75, 3.05) is 20.7 Å². The number of aromatic nitrogens is 1. The van der Waals surface area contributed by atoms with Crippen LogP contribution in [0, 0.1) is 23.7 Å². The first-order valence-corrected chi connectivity index (χ1v) is 20.4. The maximum absolute atomic E-state index is 15.3. The number of amides is 1. The van der Waals surface area contributed by atoms with Crippen molar-refractivity contribution in [3.8, 4) is 11.5 Å². The highest BCUT2D eigenvalue weighted by atomic mass is 19.1. The van der Waals surface area contributed by atoms with Crippen LogP contribution in [0.25, 0.3) is 17.5 Å². The fourth-order valence-electron chi connectivity index (χ4n) is 8.83. The number of hydrogen-bond donors (Lipinski definition) is 3. The predicted octanol–water partition coefficient (Wildman–Crippen LogP) is 4.81. The van der Waals surface area contributed by atoms with Crippen LogP contribution in [-0.2, 0) is 42.8 Å². The Morgan fingerprint density at radius 3 is 2.37 bits per heavy atom. The van der Waals surface area contributed by atoms with E-state index in [0.717, 1.165) is 0 Å². The van der Waals surface area contributed by atoms with Crippen LogP contribution in [0.5, 0.6) is 0 Å². The van der Waals surface area contributed by atoms with Gasteiger partial charge in [-0.15, -0.1) is 0 Å². The summed E-state index contributed by atoms with van der Waals surface area (Å²) >= 11 is 0. The molecule has 14 atom stereocenters. The second kappa shape index (κ2) is 19.3. The largest absolute Gasteiger partial charge is 0.458 e. The van der Waals surface area contributed by atoms with Gasteiger partial charge in [-0.1, -0.05) is 39.8 Å². The standard InChI is InChI=1S/C43H60FN3O13/c1-11-31-43(8)35(46-40(52)59-43)24(4)32(48)22(2)20-42(7,60-41(53)55-21-29(44)19-27-12-14-28(15-13-27)37-45-16-17-54-37)36(25(5)33(49)26(6)38(51)57-31)58-39-34(50)30(47(9)10)18-23(3)56-39/h12-17,19,22-26,30-31,34-36,39,41,50,53H,11,18,20-21H2,1-10H3,(H,46,52)/b29-19-/t22-,23-,24+,25+,26-,30+,31-,34-,35-,36-,39+,41?,42-,43-/m1/s1. The number of carbonyl (C=O) groups excluding carboxylic acids is 4. The summed E-state index contributed by atoms with van der Waals surface area (Å²) in [5, 5.41) is 25.6. The molecule has 0 spiro atoms. The number of cyclic esters (lactones) is 1. The number of rotatable bonds is 11. The number of benzene rings is 1. The number of esters is 1. The number of aliphatic hydroxyl groups is 2. The molecule has 3 aliphatic heterocycles. The molecule has 332 valence electrons. The van der Waals surface area contributed by atoms with Gasteiger partial charge in [0.05, 0.1) is 30.0 Å². The van der Waals surface area contributed by atoms with E-state index >= 15 is 4.39 Å². The molecular weight excluding hydrogens is 785 g/mol. The zero-order valence-corrected chi connectivity index (χ0v) is 36.0. The monoisotopic (exact) mass is 845 g/mol. The van der Waals surface area contributed by atoms with Crippen molar-refractivity contribution >= 4 is 29.7 Å². The van der Waals surface area contributed by atoms with Crippen molar-refractivity contribution in [1.82, 2.24) is 15.2 Å². The number of fused-ring (bicyclic) bond motifs is 1. The highest BCUT2D eigenvalue weighted by Crippen LogP contribution is 2.41. The molecule has 3 fully saturated rings. The minimum atomic E-state index is -2.14. The molecule has 1 aromatic heterocycles. The number of likely N-dealkylation sites (N-methyl/N-ethyl adjacent to an activating group) is 1. The summed E-state index contributed by atoms with van der Waals surface area (Å²) in [6.07, 6.45) is -1.61. The van der Waals surface area contributed by atoms with Gasteiger partial charge >= 0.3 is 12.1 Å². The smallest absolute Gasteiger partial charge is 0.408 e. The molecule has 3 saturated heterocycles. The fraction of sp³-hybridized carbons (Fsp3) is 0.651. The van der Waals surface area contributed by atoms with E-state index in [1.165, 1.54) is 39.3 Å². The van der Waals surface area contributed by atoms with E-state index in [1.54, 1.807) is 66.1 Å². The number of oxazole rings is 1. The summed E-state index contributed by atoms with van der Waals surface area (Å²) < 4.78 is 56.6. The molecule has 17 heteroatoms. The van der Waals surface area contributed by atoms with Gasteiger partial charge < -0.3 is 53.3 Å². The van der Waals surface area contributed by atoms with E-state index in [4.69, 9.17) is 32.8 Å². The van der Waals surface area contributed by atoms with Crippen molar-refractivity contribution in [2.45, 2.75) is 135 Å². The average molecular weight is 846 g/mol. The first-order chi connectivity index (χ1) is 28.2. The molecule has 1 aromatic carbocycles. The lowest BCUT2D eigenvalue weighted by Crippen LogP contribution is -2.60. The van der Waals surface area contributed by atoms with Crippen molar-refractivity contribution in [3.63, 3.8) is 0 Å². The number of aliphatic hydroxyl groups excluding tert-OH is 2. The SMILES string of the molecule is CC[C@H]1OC(=O)[C@H](C)C(=O)[C@H](C)[C@@H](O[C@@H]2O[C@H](C)C[C@H](N(C)C)[C@H]2O)[C@](C)(OC(O)OC/C(F)=C/c2ccc(-c3ncco3)cc2)C[C@@H](C)C(=O)[C@H](C)[C@H]2NC(=O)O[C@@]21C. The Kier molecular flexibility index (Phi) is 15.1. The van der Waals surface area contributed by atoms with Gasteiger partial charge in [0, 0.05) is 29.4 Å². The summed E-state index contributed by atoms with van der Waals surface area (Å²) in [7, 11) is 3.60. The summed E-state index contributed by atoms with van der Waals surface area (Å²) in [4.78, 5) is 61.3. The quantitative estimate of drug-likeness (QED) is 0.158. The highest BCUT2D eigenvalue weighted by molar-refractivity contribution is 6.00. The van der Waals surface area contributed by atoms with Crippen molar-refractivity contribution in [1.29, 1.82) is 0 Å². The molecule has 60 heavy (non-hydrogen) atoms. The number of carbonyl (C=O) groups is 4. The molecule has 0 bridgehead atoms. The first kappa shape index (κ1) is 47.0. The maximum atomic E-state index is 15.3. The summed E-state index contributed by atoms with van der Waals surface area (Å²) in [5.41, 5.74) is -2.15. The lowest BCUT2D eigenvalue weighted by Gasteiger charge is -2.47. The Bertz CT molecular complexity index is 1840. The predicted molar refractivity (Wildman–Crippen MR) is 213 cm³/mol. The topological polar surface area (TPSA) is 205 Å². The molecule has 5 rings (SSSR count). The van der Waals surface area contributed by atoms with Gasteiger partial charge in [0.15, 0.2) is 17.7 Å². The molecule has 0 aliphatic carbocycles. The Labute approximate surface area is 350 Å². The van der Waals surface area contributed by atoms with Gasteiger partial charge in [-0.25, -0.2) is 14.2 Å². The molecule has 0 saturated carbocycles. The third-order valence-corrected chi connectivity index (χ3v) is 12.1. The zero-order valence-electron chi connectivity index (χ0n) is 36.0. The number of nitrogens with zero attached hydrogens (tertiary/aromatic N) is 2. The summed E-state index contributed by atoms with van der Waals surface area (Å²) in [6, 6.07) is 5.34. The van der Waals surface area contributed by atoms with Crippen LogP contribution >= 0.6 is 0 Å². The first-order valence-electron chi connectivity index (χ1n) is 20.4. The van der Waals surface area contributed by atoms with Crippen LogP contribution in [0.15, 0.2) is 47.0 Å². The van der Waals surface area contributed by atoms with Crippen molar-refractivity contribution in [2.24, 2.45) is 23.7 Å². The van der Waals surface area contributed by atoms with Gasteiger partial charge in [-0.05, 0) is 84.8 Å². The summed E-state index contributed by atoms with van der Waals surface area (Å²) in [5.74, 6) is -6.70. The van der Waals surface area contributed by atoms with Gasteiger partial charge in [-0.2, -0.15) is 0 Å². The van der Waals surface area contributed by atoms with Crippen LogP contribution in [0.2, 0.25) is 0 Å². The molecular formula is C43H60FN3O13. The maximum Gasteiger partial charge on any atom is 0.408 e. The van der Waals surface area contributed by atoms with Gasteiger partial charge in [0.1, 0.15) is 42.6 Å². The molecule has 3 N–H and O–H groups in total. The third kappa shape index (κ3) is 10.3. The molecule has 16 nitrogen and oxygen atoms in total. The Hall–Kier alpha value is -4.10. The molecule has 3 aliphatic rings. The number of ketones is 2. The number of nitrogens with one attached hydrogen (secondary N) is 1. The van der Waals surface area contributed by atoms with Gasteiger partial charge in [0.25, 0.3) is 6.48 Å².